The normalized spacial score (nSPS) is 27.6. The topological polar surface area (TPSA) is 73.6 Å². The third-order valence-corrected chi connectivity index (χ3v) is 2.67. The van der Waals surface area contributed by atoms with Crippen LogP contribution >= 0.6 is 0 Å². The molecular formula is C11H22N2O3. The monoisotopic (exact) mass is 230 g/mol. The number of carbonyl (C=O) groups is 1. The Bertz CT molecular complexity index is 252. The molecule has 0 aromatic carbocycles. The van der Waals surface area contributed by atoms with Crippen LogP contribution in [0.5, 0.6) is 0 Å². The highest BCUT2D eigenvalue weighted by molar-refractivity contribution is 5.69. The van der Waals surface area contributed by atoms with Crippen molar-refractivity contribution in [3.05, 3.63) is 0 Å². The quantitative estimate of drug-likeness (QED) is 0.742. The van der Waals surface area contributed by atoms with Gasteiger partial charge in [0.15, 0.2) is 0 Å². The molecule has 94 valence electrons. The summed E-state index contributed by atoms with van der Waals surface area (Å²) >= 11 is 0. The lowest BCUT2D eigenvalue weighted by Gasteiger charge is -2.33. The molecule has 0 saturated carbocycles. The van der Waals surface area contributed by atoms with Crippen molar-refractivity contribution in [1.82, 2.24) is 5.32 Å². The Balaban J connectivity index is 2.60. The number of hydrogen-bond donors (Lipinski definition) is 2. The zero-order valence-electron chi connectivity index (χ0n) is 10.5. The van der Waals surface area contributed by atoms with Crippen molar-refractivity contribution < 1.29 is 14.3 Å². The molecule has 3 N–H and O–H groups in total. The molecule has 2 atom stereocenters. The highest BCUT2D eigenvalue weighted by Crippen LogP contribution is 2.22. The number of alkyl carbamates (subject to hydrolysis) is 1. The molecule has 1 aliphatic heterocycles. The van der Waals surface area contributed by atoms with Crippen LogP contribution in [-0.4, -0.2) is 36.5 Å². The smallest absolute Gasteiger partial charge is 0.408 e. The lowest BCUT2D eigenvalue weighted by Crippen LogP contribution is -2.60. The first kappa shape index (κ1) is 13.3. The van der Waals surface area contributed by atoms with E-state index in [2.05, 4.69) is 5.32 Å². The third kappa shape index (κ3) is 3.35. The van der Waals surface area contributed by atoms with Gasteiger partial charge in [-0.1, -0.05) is 0 Å². The van der Waals surface area contributed by atoms with Crippen molar-refractivity contribution in [1.29, 1.82) is 0 Å². The number of nitrogens with two attached hydrogens (primary N) is 1. The summed E-state index contributed by atoms with van der Waals surface area (Å²) in [7, 11) is 0. The minimum absolute atomic E-state index is 0.164. The van der Waals surface area contributed by atoms with Gasteiger partial charge in [0.25, 0.3) is 0 Å². The number of rotatable bonds is 2. The molecule has 1 heterocycles. The van der Waals surface area contributed by atoms with Gasteiger partial charge in [-0.25, -0.2) is 4.79 Å². The van der Waals surface area contributed by atoms with Crippen molar-refractivity contribution in [2.45, 2.75) is 51.3 Å². The van der Waals surface area contributed by atoms with E-state index in [1.807, 2.05) is 27.7 Å². The van der Waals surface area contributed by atoms with Gasteiger partial charge in [-0.3, -0.25) is 0 Å². The Morgan fingerprint density at radius 2 is 2.19 bits per heavy atom. The number of hydrogen-bond acceptors (Lipinski definition) is 4. The first-order valence-electron chi connectivity index (χ1n) is 5.60. The van der Waals surface area contributed by atoms with Gasteiger partial charge in [0, 0.05) is 12.6 Å². The fourth-order valence-electron chi connectivity index (χ4n) is 1.66. The van der Waals surface area contributed by atoms with Crippen molar-refractivity contribution >= 4 is 6.09 Å². The average molecular weight is 230 g/mol. The molecule has 0 bridgehead atoms. The summed E-state index contributed by atoms with van der Waals surface area (Å²) in [5.41, 5.74) is 4.91. The molecule has 1 amide bonds. The van der Waals surface area contributed by atoms with Crippen LogP contribution in [0.1, 0.15) is 34.1 Å². The van der Waals surface area contributed by atoms with E-state index in [0.717, 1.165) is 6.42 Å². The molecule has 5 heteroatoms. The Morgan fingerprint density at radius 3 is 2.56 bits per heavy atom. The summed E-state index contributed by atoms with van der Waals surface area (Å²) < 4.78 is 10.5. The lowest BCUT2D eigenvalue weighted by atomic mass is 9.91. The van der Waals surface area contributed by atoms with Crippen molar-refractivity contribution in [3.8, 4) is 0 Å². The van der Waals surface area contributed by atoms with E-state index in [1.54, 1.807) is 0 Å². The van der Waals surface area contributed by atoms with Gasteiger partial charge >= 0.3 is 6.09 Å². The van der Waals surface area contributed by atoms with Crippen LogP contribution in [0.15, 0.2) is 0 Å². The van der Waals surface area contributed by atoms with Crippen LogP contribution in [0, 0.1) is 0 Å². The predicted octanol–water partition coefficient (Wildman–Crippen LogP) is 1.02. The molecule has 0 aliphatic carbocycles. The first-order chi connectivity index (χ1) is 7.25. The molecule has 5 nitrogen and oxygen atoms in total. The maximum Gasteiger partial charge on any atom is 0.408 e. The van der Waals surface area contributed by atoms with Crippen LogP contribution in [0.2, 0.25) is 0 Å². The molecule has 0 spiro atoms. The predicted molar refractivity (Wildman–Crippen MR) is 61.2 cm³/mol. The summed E-state index contributed by atoms with van der Waals surface area (Å²) in [4.78, 5) is 11.7. The summed E-state index contributed by atoms with van der Waals surface area (Å²) in [6.07, 6.45) is 0.291. The van der Waals surface area contributed by atoms with E-state index in [1.165, 1.54) is 0 Å². The maximum atomic E-state index is 11.7. The van der Waals surface area contributed by atoms with Crippen molar-refractivity contribution in [2.75, 3.05) is 13.2 Å². The third-order valence-electron chi connectivity index (χ3n) is 2.67. The van der Waals surface area contributed by atoms with Gasteiger partial charge in [-0.2, -0.15) is 0 Å². The summed E-state index contributed by atoms with van der Waals surface area (Å²) in [5.74, 6) is 0. The van der Waals surface area contributed by atoms with E-state index in [-0.39, 0.29) is 6.04 Å². The summed E-state index contributed by atoms with van der Waals surface area (Å²) in [6.45, 7) is 8.43. The second kappa shape index (κ2) is 4.59. The molecule has 1 saturated heterocycles. The second-order valence-corrected chi connectivity index (χ2v) is 5.37. The largest absolute Gasteiger partial charge is 0.444 e. The molecule has 1 aliphatic rings. The Hall–Kier alpha value is -0.810. The molecule has 0 radical (unpaired) electrons. The van der Waals surface area contributed by atoms with Gasteiger partial charge < -0.3 is 20.5 Å². The molecular weight excluding hydrogens is 208 g/mol. The molecule has 0 aromatic rings. The van der Waals surface area contributed by atoms with E-state index in [9.17, 15) is 4.79 Å². The summed E-state index contributed by atoms with van der Waals surface area (Å²) in [5, 5.41) is 2.84. The summed E-state index contributed by atoms with van der Waals surface area (Å²) in [6, 6.07) is -0.164. The Morgan fingerprint density at radius 1 is 1.56 bits per heavy atom. The van der Waals surface area contributed by atoms with E-state index in [4.69, 9.17) is 15.2 Å². The second-order valence-electron chi connectivity index (χ2n) is 5.37. The molecule has 0 aromatic heterocycles. The number of nitrogens with one attached hydrogen (secondary N) is 1. The molecule has 1 fully saturated rings. The highest BCUT2D eigenvalue weighted by Gasteiger charge is 2.40. The van der Waals surface area contributed by atoms with Gasteiger partial charge in [0.05, 0.1) is 12.1 Å². The number of carbonyl (C=O) groups excluding carboxylic acids is 1. The fraction of sp³-hybridized carbons (Fsp3) is 0.909. The Kier molecular flexibility index (Phi) is 3.80. The average Bonchev–Trinajstić information content (AvgIpc) is 2.49. The molecule has 2 unspecified atom stereocenters. The number of amides is 1. The minimum atomic E-state index is -0.497. The van der Waals surface area contributed by atoms with E-state index in [0.29, 0.717) is 13.2 Å². The molecule has 1 rings (SSSR count). The van der Waals surface area contributed by atoms with Crippen LogP contribution in [0.4, 0.5) is 4.79 Å². The van der Waals surface area contributed by atoms with Gasteiger partial charge in [0.2, 0.25) is 0 Å². The van der Waals surface area contributed by atoms with Crippen LogP contribution < -0.4 is 11.1 Å². The van der Waals surface area contributed by atoms with Gasteiger partial charge in [0.1, 0.15) is 5.60 Å². The van der Waals surface area contributed by atoms with Crippen LogP contribution in [-0.2, 0) is 9.47 Å². The van der Waals surface area contributed by atoms with Crippen LogP contribution in [0.3, 0.4) is 0 Å². The SMILES string of the molecule is CC(N)C1(NC(=O)OC(C)(C)C)CCOC1. The highest BCUT2D eigenvalue weighted by atomic mass is 16.6. The zero-order chi connectivity index (χ0) is 12.4. The zero-order valence-corrected chi connectivity index (χ0v) is 10.5. The van der Waals surface area contributed by atoms with E-state index >= 15 is 0 Å². The van der Waals surface area contributed by atoms with E-state index < -0.39 is 17.2 Å². The lowest BCUT2D eigenvalue weighted by molar-refractivity contribution is 0.0423. The fourth-order valence-corrected chi connectivity index (χ4v) is 1.66. The first-order valence-corrected chi connectivity index (χ1v) is 5.60. The Labute approximate surface area is 96.7 Å². The van der Waals surface area contributed by atoms with Gasteiger partial charge in [-0.05, 0) is 34.1 Å². The molecule has 16 heavy (non-hydrogen) atoms. The maximum absolute atomic E-state index is 11.7. The standard InChI is InChI=1S/C11H22N2O3/c1-8(12)11(5-6-15-7-11)13-9(14)16-10(2,3)4/h8H,5-7,12H2,1-4H3,(H,13,14). The van der Waals surface area contributed by atoms with Crippen molar-refractivity contribution in [2.24, 2.45) is 5.73 Å². The van der Waals surface area contributed by atoms with Crippen LogP contribution in [0.25, 0.3) is 0 Å². The minimum Gasteiger partial charge on any atom is -0.444 e. The van der Waals surface area contributed by atoms with Gasteiger partial charge in [-0.15, -0.1) is 0 Å². The number of ether oxygens (including phenoxy) is 2. The van der Waals surface area contributed by atoms with Crippen molar-refractivity contribution in [3.63, 3.8) is 0 Å².